The maximum Gasteiger partial charge on any atom is 0.260 e. The number of benzene rings is 2. The second-order valence-electron chi connectivity index (χ2n) is 5.50. The van der Waals surface area contributed by atoms with E-state index in [2.05, 4.69) is 0 Å². The van der Waals surface area contributed by atoms with Crippen molar-refractivity contribution >= 4 is 11.6 Å². The molecule has 0 saturated heterocycles. The lowest BCUT2D eigenvalue weighted by atomic mass is 10.1. The van der Waals surface area contributed by atoms with Gasteiger partial charge in [0, 0.05) is 12.7 Å². The first-order chi connectivity index (χ1) is 10.5. The predicted molar refractivity (Wildman–Crippen MR) is 83.9 cm³/mol. The Bertz CT molecular complexity index is 699. The predicted octanol–water partition coefficient (Wildman–Crippen LogP) is 2.53. The normalized spacial score (nSPS) is 20.3. The van der Waals surface area contributed by atoms with E-state index in [9.17, 15) is 4.79 Å². The molecule has 0 aliphatic carbocycles. The number of nitrogens with two attached hydrogens (primary N) is 1. The maximum absolute atomic E-state index is 12.5. The Morgan fingerprint density at radius 3 is 2.59 bits per heavy atom. The monoisotopic (exact) mass is 298 g/mol. The fourth-order valence-corrected chi connectivity index (χ4v) is 2.34. The number of nitrogen functional groups attached to an aromatic ring is 1. The van der Waals surface area contributed by atoms with Gasteiger partial charge in [0.05, 0.1) is 5.56 Å². The summed E-state index contributed by atoms with van der Waals surface area (Å²) in [6, 6.07) is 14.3. The molecule has 1 atom stereocenters. The summed E-state index contributed by atoms with van der Waals surface area (Å²) in [5.74, 6) is 1.18. The summed E-state index contributed by atoms with van der Waals surface area (Å²) in [5.41, 5.74) is 6.02. The standard InChI is InChI=1S/C17H18N2O3/c1-17(11-21-13-9-7-12(18)8-10-13)19(2)16(20)14-5-3-4-6-15(14)22-17/h3-10H,11,18H2,1-2H3. The minimum absolute atomic E-state index is 0.0785. The van der Waals surface area contributed by atoms with Crippen molar-refractivity contribution in [2.45, 2.75) is 12.6 Å². The molecule has 0 spiro atoms. The van der Waals surface area contributed by atoms with Crippen LogP contribution in [0.1, 0.15) is 17.3 Å². The molecular weight excluding hydrogens is 280 g/mol. The highest BCUT2D eigenvalue weighted by atomic mass is 16.6. The van der Waals surface area contributed by atoms with Crippen molar-refractivity contribution in [3.05, 3.63) is 54.1 Å². The number of amides is 1. The molecule has 0 fully saturated rings. The highest BCUT2D eigenvalue weighted by Crippen LogP contribution is 2.32. The Balaban J connectivity index is 1.80. The molecule has 114 valence electrons. The number of ether oxygens (including phenoxy) is 2. The summed E-state index contributed by atoms with van der Waals surface area (Å²) in [6.07, 6.45) is 0. The maximum atomic E-state index is 12.5. The number of anilines is 1. The van der Waals surface area contributed by atoms with E-state index in [0.717, 1.165) is 0 Å². The Morgan fingerprint density at radius 2 is 1.86 bits per heavy atom. The fourth-order valence-electron chi connectivity index (χ4n) is 2.34. The van der Waals surface area contributed by atoms with E-state index in [0.29, 0.717) is 22.7 Å². The highest BCUT2D eigenvalue weighted by molar-refractivity contribution is 5.98. The SMILES string of the molecule is CN1C(=O)c2ccccc2OC1(C)COc1ccc(N)cc1. The van der Waals surface area contributed by atoms with Crippen LogP contribution in [-0.2, 0) is 0 Å². The smallest absolute Gasteiger partial charge is 0.260 e. The van der Waals surface area contributed by atoms with E-state index in [1.165, 1.54) is 0 Å². The number of hydrogen-bond donors (Lipinski definition) is 1. The van der Waals surface area contributed by atoms with E-state index in [4.69, 9.17) is 15.2 Å². The first-order valence-corrected chi connectivity index (χ1v) is 7.04. The molecule has 2 aromatic rings. The summed E-state index contributed by atoms with van der Waals surface area (Å²) in [5, 5.41) is 0. The summed E-state index contributed by atoms with van der Waals surface area (Å²) in [6.45, 7) is 2.05. The molecule has 0 bridgehead atoms. The number of hydrogen-bond acceptors (Lipinski definition) is 4. The molecule has 5 heteroatoms. The van der Waals surface area contributed by atoms with Crippen LogP contribution in [-0.4, -0.2) is 30.2 Å². The lowest BCUT2D eigenvalue weighted by Gasteiger charge is -2.42. The summed E-state index contributed by atoms with van der Waals surface area (Å²) in [7, 11) is 1.71. The van der Waals surface area contributed by atoms with E-state index < -0.39 is 5.72 Å². The van der Waals surface area contributed by atoms with E-state index in [-0.39, 0.29) is 12.5 Å². The number of rotatable bonds is 3. The van der Waals surface area contributed by atoms with Gasteiger partial charge in [0.1, 0.15) is 18.1 Å². The third kappa shape index (κ3) is 2.45. The van der Waals surface area contributed by atoms with Crippen LogP contribution in [0.3, 0.4) is 0 Å². The number of fused-ring (bicyclic) bond motifs is 1. The summed E-state index contributed by atoms with van der Waals surface area (Å²) in [4.78, 5) is 14.0. The Morgan fingerprint density at radius 1 is 1.18 bits per heavy atom. The molecule has 5 nitrogen and oxygen atoms in total. The minimum atomic E-state index is -0.868. The van der Waals surface area contributed by atoms with Gasteiger partial charge < -0.3 is 20.1 Å². The molecule has 3 rings (SSSR count). The third-order valence-corrected chi connectivity index (χ3v) is 3.85. The van der Waals surface area contributed by atoms with Gasteiger partial charge in [-0.25, -0.2) is 0 Å². The van der Waals surface area contributed by atoms with Crippen molar-refractivity contribution in [2.75, 3.05) is 19.4 Å². The minimum Gasteiger partial charge on any atom is -0.487 e. The number of carbonyl (C=O) groups excluding carboxylic acids is 1. The third-order valence-electron chi connectivity index (χ3n) is 3.85. The van der Waals surface area contributed by atoms with Crippen LogP contribution in [0.5, 0.6) is 11.5 Å². The average molecular weight is 298 g/mol. The van der Waals surface area contributed by atoms with Crippen molar-refractivity contribution in [3.8, 4) is 11.5 Å². The molecule has 0 saturated carbocycles. The van der Waals surface area contributed by atoms with Crippen molar-refractivity contribution in [1.82, 2.24) is 4.90 Å². The molecular formula is C17H18N2O3. The highest BCUT2D eigenvalue weighted by Gasteiger charge is 2.41. The zero-order chi connectivity index (χ0) is 15.7. The molecule has 1 unspecified atom stereocenters. The zero-order valence-electron chi connectivity index (χ0n) is 12.6. The van der Waals surface area contributed by atoms with Crippen LogP contribution in [0.2, 0.25) is 0 Å². The molecule has 1 aliphatic heterocycles. The van der Waals surface area contributed by atoms with Gasteiger partial charge in [0.15, 0.2) is 0 Å². The van der Waals surface area contributed by atoms with Gasteiger partial charge >= 0.3 is 0 Å². The van der Waals surface area contributed by atoms with Crippen LogP contribution >= 0.6 is 0 Å². The van der Waals surface area contributed by atoms with Gasteiger partial charge in [-0.05, 0) is 43.3 Å². The second kappa shape index (κ2) is 5.26. The van der Waals surface area contributed by atoms with E-state index in [1.807, 2.05) is 19.1 Å². The van der Waals surface area contributed by atoms with Gasteiger partial charge in [-0.3, -0.25) is 4.79 Å². The van der Waals surface area contributed by atoms with Gasteiger partial charge in [-0.15, -0.1) is 0 Å². The molecule has 0 radical (unpaired) electrons. The second-order valence-corrected chi connectivity index (χ2v) is 5.50. The van der Waals surface area contributed by atoms with Crippen LogP contribution in [0.25, 0.3) is 0 Å². The van der Waals surface area contributed by atoms with Crippen LogP contribution in [0.15, 0.2) is 48.5 Å². The Hall–Kier alpha value is -2.69. The van der Waals surface area contributed by atoms with Crippen LogP contribution in [0.4, 0.5) is 5.69 Å². The summed E-state index contributed by atoms with van der Waals surface area (Å²) >= 11 is 0. The van der Waals surface area contributed by atoms with Crippen molar-refractivity contribution in [1.29, 1.82) is 0 Å². The largest absolute Gasteiger partial charge is 0.487 e. The number of nitrogens with zero attached hydrogens (tertiary/aromatic N) is 1. The number of likely N-dealkylation sites (N-methyl/N-ethyl adjacent to an activating group) is 1. The van der Waals surface area contributed by atoms with Gasteiger partial charge in [-0.1, -0.05) is 12.1 Å². The molecule has 2 aromatic carbocycles. The first-order valence-electron chi connectivity index (χ1n) is 7.04. The Kier molecular flexibility index (Phi) is 3.41. The van der Waals surface area contributed by atoms with Gasteiger partial charge in [0.2, 0.25) is 5.72 Å². The van der Waals surface area contributed by atoms with Crippen LogP contribution < -0.4 is 15.2 Å². The van der Waals surface area contributed by atoms with Crippen molar-refractivity contribution in [2.24, 2.45) is 0 Å². The van der Waals surface area contributed by atoms with Crippen molar-refractivity contribution in [3.63, 3.8) is 0 Å². The lowest BCUT2D eigenvalue weighted by Crippen LogP contribution is -2.58. The molecule has 0 aromatic heterocycles. The Labute approximate surface area is 129 Å². The van der Waals surface area contributed by atoms with Crippen molar-refractivity contribution < 1.29 is 14.3 Å². The molecule has 2 N–H and O–H groups in total. The topological polar surface area (TPSA) is 64.8 Å². The number of para-hydroxylation sites is 1. The van der Waals surface area contributed by atoms with E-state index in [1.54, 1.807) is 48.3 Å². The quantitative estimate of drug-likeness (QED) is 0.884. The molecule has 1 heterocycles. The van der Waals surface area contributed by atoms with Gasteiger partial charge in [-0.2, -0.15) is 0 Å². The van der Waals surface area contributed by atoms with Crippen LogP contribution in [0, 0.1) is 0 Å². The average Bonchev–Trinajstić information content (AvgIpc) is 2.52. The lowest BCUT2D eigenvalue weighted by molar-refractivity contribution is -0.0768. The van der Waals surface area contributed by atoms with Gasteiger partial charge in [0.25, 0.3) is 5.91 Å². The first kappa shape index (κ1) is 14.3. The molecule has 22 heavy (non-hydrogen) atoms. The molecule has 1 amide bonds. The fraction of sp³-hybridized carbons (Fsp3) is 0.235. The number of carbonyl (C=O) groups is 1. The summed E-state index contributed by atoms with van der Waals surface area (Å²) < 4.78 is 11.8. The van der Waals surface area contributed by atoms with E-state index >= 15 is 0 Å². The zero-order valence-corrected chi connectivity index (χ0v) is 12.6. The molecule has 1 aliphatic rings.